The topological polar surface area (TPSA) is 52.6 Å². The Balaban J connectivity index is 4.84. The van der Waals surface area contributed by atoms with Gasteiger partial charge in [-0.25, -0.2) is 0 Å². The molecule has 1 atom stereocenters. The average Bonchev–Trinajstić information content (AvgIpc) is 3.17. The lowest BCUT2D eigenvalue weighted by molar-refractivity contribution is -0.235. The number of hydrogen-bond acceptors (Lipinski definition) is 4. The SMILES string of the molecule is CCCCCCCCCCCCCCCCCCC(CCCCCCCCCCCCCCCCC)(OC(=O)CCCCCC)OC(=O)CCCCCCC. The van der Waals surface area contributed by atoms with Crippen molar-refractivity contribution in [2.75, 3.05) is 0 Å². The molecule has 4 heteroatoms. The van der Waals surface area contributed by atoms with Crippen LogP contribution < -0.4 is 0 Å². The monoisotopic (exact) mass is 777 g/mol. The minimum atomic E-state index is -1.09. The second-order valence-corrected chi connectivity index (χ2v) is 17.6. The Bertz CT molecular complexity index is 781. The number of rotatable bonds is 46. The van der Waals surface area contributed by atoms with E-state index in [1.807, 2.05) is 0 Å². The van der Waals surface area contributed by atoms with Crippen molar-refractivity contribution in [2.24, 2.45) is 0 Å². The maximum Gasteiger partial charge on any atom is 0.309 e. The lowest BCUT2D eigenvalue weighted by Gasteiger charge is -2.33. The van der Waals surface area contributed by atoms with Gasteiger partial charge in [0.1, 0.15) is 0 Å². The van der Waals surface area contributed by atoms with Gasteiger partial charge in [0, 0.05) is 25.7 Å². The molecule has 328 valence electrons. The lowest BCUT2D eigenvalue weighted by Crippen LogP contribution is -2.40. The maximum absolute atomic E-state index is 13.3. The van der Waals surface area contributed by atoms with E-state index in [0.717, 1.165) is 64.2 Å². The smallest absolute Gasteiger partial charge is 0.309 e. The lowest BCUT2D eigenvalue weighted by atomic mass is 9.97. The van der Waals surface area contributed by atoms with Crippen LogP contribution in [0, 0.1) is 0 Å². The fourth-order valence-electron chi connectivity index (χ4n) is 8.14. The maximum atomic E-state index is 13.3. The van der Waals surface area contributed by atoms with Crippen molar-refractivity contribution in [3.8, 4) is 0 Å². The van der Waals surface area contributed by atoms with E-state index < -0.39 is 5.79 Å². The van der Waals surface area contributed by atoms with Crippen molar-refractivity contribution < 1.29 is 19.1 Å². The number of ether oxygens (including phenoxy) is 2. The van der Waals surface area contributed by atoms with Gasteiger partial charge in [0.2, 0.25) is 0 Å². The molecule has 4 nitrogen and oxygen atoms in total. The molecule has 0 aromatic heterocycles. The predicted molar refractivity (Wildman–Crippen MR) is 241 cm³/mol. The van der Waals surface area contributed by atoms with Crippen molar-refractivity contribution in [3.05, 3.63) is 0 Å². The zero-order valence-corrected chi connectivity index (χ0v) is 38.2. The molecule has 0 fully saturated rings. The van der Waals surface area contributed by atoms with Crippen LogP contribution >= 0.6 is 0 Å². The van der Waals surface area contributed by atoms with Gasteiger partial charge in [0.25, 0.3) is 5.79 Å². The van der Waals surface area contributed by atoms with Crippen LogP contribution in [0.3, 0.4) is 0 Å². The zero-order valence-electron chi connectivity index (χ0n) is 38.2. The second kappa shape index (κ2) is 44.1. The molecular formula is C51H100O4. The highest BCUT2D eigenvalue weighted by Crippen LogP contribution is 2.31. The molecular weight excluding hydrogens is 677 g/mol. The van der Waals surface area contributed by atoms with Gasteiger partial charge in [-0.15, -0.1) is 0 Å². The molecule has 0 aliphatic carbocycles. The normalized spacial score (nSPS) is 12.6. The minimum absolute atomic E-state index is 0.173. The van der Waals surface area contributed by atoms with Crippen molar-refractivity contribution in [2.45, 2.75) is 316 Å². The number of unbranched alkanes of at least 4 members (excludes halogenated alkanes) is 36. The molecule has 0 aliphatic heterocycles. The molecule has 0 amide bonds. The highest BCUT2D eigenvalue weighted by atomic mass is 16.7. The quantitative estimate of drug-likeness (QED) is 0.0351. The van der Waals surface area contributed by atoms with E-state index in [9.17, 15) is 9.59 Å². The van der Waals surface area contributed by atoms with Crippen LogP contribution in [-0.4, -0.2) is 17.7 Å². The van der Waals surface area contributed by atoms with E-state index in [1.165, 1.54) is 193 Å². The molecule has 0 spiro atoms. The molecule has 0 saturated carbocycles. The molecule has 0 bridgehead atoms. The summed E-state index contributed by atoms with van der Waals surface area (Å²) in [6.07, 6.45) is 52.9. The van der Waals surface area contributed by atoms with Crippen LogP contribution in [0.2, 0.25) is 0 Å². The summed E-state index contributed by atoms with van der Waals surface area (Å²) in [7, 11) is 0. The fraction of sp³-hybridized carbons (Fsp3) is 0.961. The van der Waals surface area contributed by atoms with E-state index in [2.05, 4.69) is 27.7 Å². The largest absolute Gasteiger partial charge is 0.422 e. The molecule has 0 radical (unpaired) electrons. The van der Waals surface area contributed by atoms with E-state index in [1.54, 1.807) is 0 Å². The van der Waals surface area contributed by atoms with Crippen LogP contribution in [0.15, 0.2) is 0 Å². The highest BCUT2D eigenvalue weighted by Gasteiger charge is 2.37. The molecule has 0 aliphatic rings. The third kappa shape index (κ3) is 39.5. The second-order valence-electron chi connectivity index (χ2n) is 17.6. The Morgan fingerprint density at radius 1 is 0.273 bits per heavy atom. The first-order valence-electron chi connectivity index (χ1n) is 25.5. The molecule has 0 saturated heterocycles. The first-order chi connectivity index (χ1) is 27.0. The summed E-state index contributed by atoms with van der Waals surface area (Å²) in [6.45, 7) is 9.00. The van der Waals surface area contributed by atoms with Crippen LogP contribution in [-0.2, 0) is 19.1 Å². The van der Waals surface area contributed by atoms with Crippen molar-refractivity contribution in [1.82, 2.24) is 0 Å². The molecule has 0 N–H and O–H groups in total. The van der Waals surface area contributed by atoms with Gasteiger partial charge in [-0.3, -0.25) is 9.59 Å². The van der Waals surface area contributed by atoms with Gasteiger partial charge in [0.05, 0.1) is 0 Å². The zero-order chi connectivity index (χ0) is 40.2. The molecule has 55 heavy (non-hydrogen) atoms. The summed E-state index contributed by atoms with van der Waals surface area (Å²) in [5.74, 6) is -1.44. The molecule has 0 aromatic carbocycles. The van der Waals surface area contributed by atoms with Gasteiger partial charge in [-0.05, 0) is 25.7 Å². The average molecular weight is 777 g/mol. The van der Waals surface area contributed by atoms with Gasteiger partial charge >= 0.3 is 11.9 Å². The Morgan fingerprint density at radius 2 is 0.455 bits per heavy atom. The van der Waals surface area contributed by atoms with Crippen LogP contribution in [0.4, 0.5) is 0 Å². The Kier molecular flexibility index (Phi) is 43.2. The van der Waals surface area contributed by atoms with E-state index in [0.29, 0.717) is 25.7 Å². The van der Waals surface area contributed by atoms with Gasteiger partial charge < -0.3 is 9.47 Å². The highest BCUT2D eigenvalue weighted by molar-refractivity contribution is 5.72. The first-order valence-corrected chi connectivity index (χ1v) is 25.5. The summed E-state index contributed by atoms with van der Waals surface area (Å²) in [4.78, 5) is 26.5. The minimum Gasteiger partial charge on any atom is -0.422 e. The summed E-state index contributed by atoms with van der Waals surface area (Å²) < 4.78 is 12.6. The van der Waals surface area contributed by atoms with Crippen molar-refractivity contribution in [1.29, 1.82) is 0 Å². The Hall–Kier alpha value is -1.06. The fourth-order valence-corrected chi connectivity index (χ4v) is 8.14. The van der Waals surface area contributed by atoms with Crippen molar-refractivity contribution >= 4 is 11.9 Å². The third-order valence-corrected chi connectivity index (χ3v) is 11.9. The van der Waals surface area contributed by atoms with Gasteiger partial charge in [-0.1, -0.05) is 259 Å². The van der Waals surface area contributed by atoms with Crippen molar-refractivity contribution in [3.63, 3.8) is 0 Å². The Labute approximate surface area is 346 Å². The van der Waals surface area contributed by atoms with E-state index in [4.69, 9.17) is 9.47 Å². The first kappa shape index (κ1) is 53.9. The number of hydrogen-bond donors (Lipinski definition) is 0. The summed E-state index contributed by atoms with van der Waals surface area (Å²) in [6, 6.07) is 0. The standard InChI is InChI=1S/C51H100O4/c1-5-9-13-17-19-21-23-25-27-29-31-33-35-37-40-44-48-51(54-49(52)45-41-16-12-8-4,55-50(53)46-42-38-15-11-7-3)47-43-39-36-34-32-30-28-26-24-22-20-18-14-10-6-2/h5-48H2,1-4H3. The van der Waals surface area contributed by atoms with Gasteiger partial charge in [0.15, 0.2) is 0 Å². The van der Waals surface area contributed by atoms with E-state index >= 15 is 0 Å². The summed E-state index contributed by atoms with van der Waals surface area (Å²) in [5, 5.41) is 0. The Morgan fingerprint density at radius 3 is 0.691 bits per heavy atom. The number of carbonyl (C=O) groups is 2. The molecule has 0 rings (SSSR count). The predicted octanol–water partition coefficient (Wildman–Crippen LogP) is 18.0. The summed E-state index contributed by atoms with van der Waals surface area (Å²) in [5.41, 5.74) is 0. The molecule has 1 unspecified atom stereocenters. The van der Waals surface area contributed by atoms with Crippen LogP contribution in [0.5, 0.6) is 0 Å². The van der Waals surface area contributed by atoms with Crippen LogP contribution in [0.1, 0.15) is 310 Å². The van der Waals surface area contributed by atoms with E-state index in [-0.39, 0.29) is 11.9 Å². The summed E-state index contributed by atoms with van der Waals surface area (Å²) >= 11 is 0. The number of carbonyl (C=O) groups excluding carboxylic acids is 2. The number of esters is 2. The van der Waals surface area contributed by atoms with Crippen LogP contribution in [0.25, 0.3) is 0 Å². The van der Waals surface area contributed by atoms with Gasteiger partial charge in [-0.2, -0.15) is 0 Å². The third-order valence-electron chi connectivity index (χ3n) is 11.9. The molecule has 0 heterocycles. The molecule has 0 aromatic rings.